The maximum Gasteiger partial charge on any atom is 0.307 e. The zero-order valence-electron chi connectivity index (χ0n) is 5.37. The van der Waals surface area contributed by atoms with Gasteiger partial charge in [-0.15, -0.1) is 24.8 Å². The van der Waals surface area contributed by atoms with Crippen molar-refractivity contribution >= 4 is 30.8 Å². The number of aliphatic carboxylic acids is 1. The zero-order chi connectivity index (χ0) is 5.98. The first-order valence-electron chi connectivity index (χ1n) is 2.74. The molecular weight excluding hydrogens is 177 g/mol. The minimum absolute atomic E-state index is 0. The maximum absolute atomic E-state index is 10.2. The fraction of sp³-hybridized carbons (Fsp3) is 0.800. The van der Waals surface area contributed by atoms with Crippen LogP contribution in [0.5, 0.6) is 0 Å². The van der Waals surface area contributed by atoms with Crippen molar-refractivity contribution in [2.45, 2.75) is 6.42 Å². The summed E-state index contributed by atoms with van der Waals surface area (Å²) in [7, 11) is 0. The van der Waals surface area contributed by atoms with E-state index in [1.54, 1.807) is 0 Å². The fourth-order valence-corrected chi connectivity index (χ4v) is 0.865. The third-order valence-corrected chi connectivity index (χ3v) is 1.41. The van der Waals surface area contributed by atoms with Gasteiger partial charge in [0.2, 0.25) is 0 Å². The van der Waals surface area contributed by atoms with E-state index in [9.17, 15) is 4.79 Å². The van der Waals surface area contributed by atoms with Crippen LogP contribution >= 0.6 is 24.8 Å². The highest BCUT2D eigenvalue weighted by molar-refractivity contribution is 5.85. The lowest BCUT2D eigenvalue weighted by Crippen LogP contribution is -2.16. The van der Waals surface area contributed by atoms with Gasteiger partial charge in [-0.25, -0.2) is 0 Å². The van der Waals surface area contributed by atoms with Crippen LogP contribution in [0.3, 0.4) is 0 Å². The van der Waals surface area contributed by atoms with Crippen molar-refractivity contribution in [3.63, 3.8) is 0 Å². The van der Waals surface area contributed by atoms with Gasteiger partial charge in [0.25, 0.3) is 0 Å². The molecule has 5 heteroatoms. The van der Waals surface area contributed by atoms with E-state index in [2.05, 4.69) is 5.32 Å². The van der Waals surface area contributed by atoms with Crippen LogP contribution in [0.2, 0.25) is 0 Å². The Bertz CT molecular complexity index is 104. The van der Waals surface area contributed by atoms with Crippen molar-refractivity contribution in [2.75, 3.05) is 13.1 Å². The van der Waals surface area contributed by atoms with Gasteiger partial charge in [0.15, 0.2) is 0 Å². The van der Waals surface area contributed by atoms with Gasteiger partial charge in [-0.05, 0) is 13.0 Å². The van der Waals surface area contributed by atoms with Crippen molar-refractivity contribution in [3.05, 3.63) is 0 Å². The lowest BCUT2D eigenvalue weighted by molar-refractivity contribution is -0.140. The molecule has 1 rings (SSSR count). The van der Waals surface area contributed by atoms with Gasteiger partial charge in [0.1, 0.15) is 0 Å². The molecule has 0 radical (unpaired) electrons. The molecule has 0 aromatic rings. The Kier molecular flexibility index (Phi) is 7.31. The number of hydrogen-bond donors (Lipinski definition) is 2. The first-order valence-corrected chi connectivity index (χ1v) is 2.74. The third kappa shape index (κ3) is 3.25. The number of carboxylic acid groups (broad SMARTS) is 1. The standard InChI is InChI=1S/C5H9NO2.2ClH/c7-5(8)4-1-2-6-3-4;;/h4,6H,1-3H2,(H,7,8);2*1H. The molecular formula is C5H11Cl2NO2. The molecule has 0 saturated carbocycles. The van der Waals surface area contributed by atoms with Crippen LogP contribution in [0.1, 0.15) is 6.42 Å². The molecule has 1 fully saturated rings. The molecule has 10 heavy (non-hydrogen) atoms. The summed E-state index contributed by atoms with van der Waals surface area (Å²) in [6.07, 6.45) is 0.787. The molecule has 1 unspecified atom stereocenters. The molecule has 0 aliphatic carbocycles. The molecule has 0 aromatic heterocycles. The Morgan fingerprint density at radius 1 is 1.50 bits per heavy atom. The average molecular weight is 188 g/mol. The highest BCUT2D eigenvalue weighted by atomic mass is 35.5. The largest absolute Gasteiger partial charge is 0.481 e. The van der Waals surface area contributed by atoms with E-state index in [1.165, 1.54) is 0 Å². The second-order valence-corrected chi connectivity index (χ2v) is 2.03. The Balaban J connectivity index is 0. The fourth-order valence-electron chi connectivity index (χ4n) is 0.865. The molecule has 1 saturated heterocycles. The van der Waals surface area contributed by atoms with Crippen LogP contribution in [-0.4, -0.2) is 24.2 Å². The quantitative estimate of drug-likeness (QED) is 0.630. The topological polar surface area (TPSA) is 49.3 Å². The smallest absolute Gasteiger partial charge is 0.307 e. The van der Waals surface area contributed by atoms with Crippen LogP contribution in [-0.2, 0) is 4.79 Å². The van der Waals surface area contributed by atoms with Gasteiger partial charge in [-0.2, -0.15) is 0 Å². The summed E-state index contributed by atoms with van der Waals surface area (Å²) in [6, 6.07) is 0. The monoisotopic (exact) mass is 187 g/mol. The molecule has 1 heterocycles. The predicted molar refractivity (Wildman–Crippen MR) is 43.1 cm³/mol. The van der Waals surface area contributed by atoms with Crippen LogP contribution < -0.4 is 5.32 Å². The summed E-state index contributed by atoms with van der Waals surface area (Å²) < 4.78 is 0. The minimum atomic E-state index is -0.671. The van der Waals surface area contributed by atoms with Gasteiger partial charge in [0.05, 0.1) is 5.92 Å². The first kappa shape index (κ1) is 12.7. The Morgan fingerprint density at radius 3 is 2.30 bits per heavy atom. The van der Waals surface area contributed by atoms with Crippen molar-refractivity contribution in [2.24, 2.45) is 5.92 Å². The van der Waals surface area contributed by atoms with E-state index >= 15 is 0 Å². The van der Waals surface area contributed by atoms with Crippen molar-refractivity contribution in [3.8, 4) is 0 Å². The number of carboxylic acids is 1. The molecule has 3 nitrogen and oxygen atoms in total. The molecule has 0 aromatic carbocycles. The predicted octanol–water partition coefficient (Wildman–Crippen LogP) is 0.524. The van der Waals surface area contributed by atoms with Gasteiger partial charge < -0.3 is 10.4 Å². The Labute approximate surface area is 72.0 Å². The molecule has 1 aliphatic heterocycles. The maximum atomic E-state index is 10.2. The third-order valence-electron chi connectivity index (χ3n) is 1.41. The van der Waals surface area contributed by atoms with Crippen LogP contribution in [0, 0.1) is 5.92 Å². The number of carbonyl (C=O) groups is 1. The summed E-state index contributed by atoms with van der Waals surface area (Å²) >= 11 is 0. The normalized spacial score (nSPS) is 22.6. The van der Waals surface area contributed by atoms with Crippen molar-refractivity contribution < 1.29 is 9.90 Å². The van der Waals surface area contributed by atoms with Gasteiger partial charge in [-0.3, -0.25) is 4.79 Å². The Hall–Kier alpha value is 0.01000. The summed E-state index contributed by atoms with van der Waals surface area (Å²) in [5.41, 5.74) is 0. The molecule has 2 N–H and O–H groups in total. The van der Waals surface area contributed by atoms with Crippen LogP contribution in [0.25, 0.3) is 0 Å². The van der Waals surface area contributed by atoms with E-state index in [0.717, 1.165) is 13.0 Å². The van der Waals surface area contributed by atoms with E-state index in [0.29, 0.717) is 6.54 Å². The van der Waals surface area contributed by atoms with E-state index in [-0.39, 0.29) is 30.7 Å². The number of halogens is 2. The first-order chi connectivity index (χ1) is 3.80. The van der Waals surface area contributed by atoms with Gasteiger partial charge in [0, 0.05) is 6.54 Å². The zero-order valence-corrected chi connectivity index (χ0v) is 7.00. The second kappa shape index (κ2) is 5.77. The SMILES string of the molecule is Cl.Cl.O=C(O)C1CCNC1. The van der Waals surface area contributed by atoms with Gasteiger partial charge in [-0.1, -0.05) is 0 Å². The van der Waals surface area contributed by atoms with E-state index in [4.69, 9.17) is 5.11 Å². The Morgan fingerprint density at radius 2 is 2.10 bits per heavy atom. The number of hydrogen-bond acceptors (Lipinski definition) is 2. The van der Waals surface area contributed by atoms with Crippen molar-refractivity contribution in [1.29, 1.82) is 0 Å². The molecule has 1 aliphatic rings. The highest BCUT2D eigenvalue weighted by Gasteiger charge is 2.20. The summed E-state index contributed by atoms with van der Waals surface area (Å²) in [6.45, 7) is 1.51. The molecule has 0 amide bonds. The highest BCUT2D eigenvalue weighted by Crippen LogP contribution is 2.05. The van der Waals surface area contributed by atoms with Crippen LogP contribution in [0.15, 0.2) is 0 Å². The number of nitrogens with one attached hydrogen (secondary N) is 1. The molecule has 1 atom stereocenters. The van der Waals surface area contributed by atoms with Crippen molar-refractivity contribution in [1.82, 2.24) is 5.32 Å². The molecule has 0 spiro atoms. The number of rotatable bonds is 1. The summed E-state index contributed by atoms with van der Waals surface area (Å²) in [5, 5.41) is 11.3. The summed E-state index contributed by atoms with van der Waals surface area (Å²) in [5.74, 6) is -0.801. The molecule has 62 valence electrons. The van der Waals surface area contributed by atoms with Gasteiger partial charge >= 0.3 is 5.97 Å². The lowest BCUT2D eigenvalue weighted by Gasteiger charge is -1.96. The summed E-state index contributed by atoms with van der Waals surface area (Å²) in [4.78, 5) is 10.2. The molecule has 0 bridgehead atoms. The minimum Gasteiger partial charge on any atom is -0.481 e. The van der Waals surface area contributed by atoms with E-state index in [1.807, 2.05) is 0 Å². The van der Waals surface area contributed by atoms with Crippen LogP contribution in [0.4, 0.5) is 0 Å². The average Bonchev–Trinajstić information content (AvgIpc) is 2.12. The van der Waals surface area contributed by atoms with E-state index < -0.39 is 5.97 Å². The lowest BCUT2D eigenvalue weighted by atomic mass is 10.1. The second-order valence-electron chi connectivity index (χ2n) is 2.03.